The van der Waals surface area contributed by atoms with E-state index < -0.39 is 26.5 Å². The molecule has 0 aliphatic heterocycles. The second-order valence-electron chi connectivity index (χ2n) is 18.6. The Kier molecular flexibility index (Phi) is 42.1. The number of likely N-dealkylation sites (N-methyl/N-ethyl adjacent to an activating group) is 1. The quantitative estimate of drug-likeness (QED) is 0.0212. The molecule has 0 aromatic heterocycles. The first-order chi connectivity index (χ1) is 29.0. The van der Waals surface area contributed by atoms with Crippen molar-refractivity contribution in [1.29, 1.82) is 0 Å². The van der Waals surface area contributed by atoms with Crippen LogP contribution in [0.1, 0.15) is 245 Å². The normalized spacial score (nSPS) is 13.5. The van der Waals surface area contributed by atoms with E-state index in [1.165, 1.54) is 180 Å². The van der Waals surface area contributed by atoms with Crippen LogP contribution in [0.3, 0.4) is 0 Å². The molecule has 0 spiro atoms. The number of nitrogens with zero attached hydrogens (tertiary/aromatic N) is 1. The molecule has 0 radical (unpaired) electrons. The van der Waals surface area contributed by atoms with Gasteiger partial charge in [-0.2, -0.15) is 0 Å². The standard InChI is InChI=1S/C50H98NO8P/c1-6-8-10-12-14-16-18-20-22-24-25-27-28-30-32-34-36-38-40-42-49(52)56-46-48(47-58-60(54,55)57-45-44-51(3,4)5)59-50(53)43-41-39-37-35-33-31-29-26-23-21-19-17-15-13-11-9-7-2/h20,22,48H,6-19,21,23-47H2,1-5H3/p+1/b22-20-/t48-/m1/s1. The summed E-state index contributed by atoms with van der Waals surface area (Å²) in [4.78, 5) is 35.5. The number of hydrogen-bond donors (Lipinski definition) is 1. The summed E-state index contributed by atoms with van der Waals surface area (Å²) in [5, 5.41) is 0. The van der Waals surface area contributed by atoms with Gasteiger partial charge in [-0.15, -0.1) is 0 Å². The molecule has 1 N–H and O–H groups in total. The maximum atomic E-state index is 12.7. The Labute approximate surface area is 371 Å². The molecule has 0 amide bonds. The Bertz CT molecular complexity index is 1030. The van der Waals surface area contributed by atoms with Gasteiger partial charge in [0.05, 0.1) is 27.7 Å². The van der Waals surface area contributed by atoms with Crippen molar-refractivity contribution in [3.8, 4) is 0 Å². The third kappa shape index (κ3) is 46.3. The minimum absolute atomic E-state index is 0.0350. The van der Waals surface area contributed by atoms with Crippen LogP contribution in [-0.4, -0.2) is 74.9 Å². The molecule has 1 unspecified atom stereocenters. The summed E-state index contributed by atoms with van der Waals surface area (Å²) in [5.41, 5.74) is 0. The van der Waals surface area contributed by atoms with Crippen molar-refractivity contribution in [2.24, 2.45) is 0 Å². The number of hydrogen-bond acceptors (Lipinski definition) is 7. The summed E-state index contributed by atoms with van der Waals surface area (Å²) in [6, 6.07) is 0. The third-order valence-electron chi connectivity index (χ3n) is 11.3. The predicted molar refractivity (Wildman–Crippen MR) is 252 cm³/mol. The van der Waals surface area contributed by atoms with E-state index >= 15 is 0 Å². The summed E-state index contributed by atoms with van der Waals surface area (Å²) < 4.78 is 34.5. The zero-order valence-corrected chi connectivity index (χ0v) is 41.1. The van der Waals surface area contributed by atoms with E-state index in [0.29, 0.717) is 23.9 Å². The van der Waals surface area contributed by atoms with Crippen molar-refractivity contribution in [2.45, 2.75) is 251 Å². The molecule has 0 aliphatic carbocycles. The summed E-state index contributed by atoms with van der Waals surface area (Å²) >= 11 is 0. The highest BCUT2D eigenvalue weighted by Crippen LogP contribution is 2.43. The van der Waals surface area contributed by atoms with Crippen molar-refractivity contribution in [3.63, 3.8) is 0 Å². The molecule has 0 saturated heterocycles. The topological polar surface area (TPSA) is 108 Å². The molecule has 0 bridgehead atoms. The molecule has 0 fully saturated rings. The maximum Gasteiger partial charge on any atom is 0.472 e. The Balaban J connectivity index is 4.23. The average Bonchev–Trinajstić information content (AvgIpc) is 3.20. The molecule has 60 heavy (non-hydrogen) atoms. The molecule has 0 heterocycles. The summed E-state index contributed by atoms with van der Waals surface area (Å²) in [6.45, 7) is 4.47. The van der Waals surface area contributed by atoms with Gasteiger partial charge < -0.3 is 18.9 Å². The third-order valence-corrected chi connectivity index (χ3v) is 12.3. The van der Waals surface area contributed by atoms with Crippen LogP contribution in [0.25, 0.3) is 0 Å². The van der Waals surface area contributed by atoms with E-state index in [4.69, 9.17) is 18.5 Å². The van der Waals surface area contributed by atoms with Gasteiger partial charge in [-0.3, -0.25) is 18.6 Å². The minimum atomic E-state index is -4.37. The second-order valence-corrected chi connectivity index (χ2v) is 20.0. The number of unbranched alkanes of at least 4 members (excludes halogenated alkanes) is 31. The van der Waals surface area contributed by atoms with Gasteiger partial charge >= 0.3 is 19.8 Å². The van der Waals surface area contributed by atoms with Gasteiger partial charge in [0.15, 0.2) is 6.10 Å². The zero-order valence-electron chi connectivity index (χ0n) is 40.2. The number of esters is 2. The highest BCUT2D eigenvalue weighted by atomic mass is 31.2. The number of quaternary nitrogens is 1. The molecule has 356 valence electrons. The van der Waals surface area contributed by atoms with Crippen LogP contribution in [0.2, 0.25) is 0 Å². The number of ether oxygens (including phenoxy) is 2. The summed E-state index contributed by atoms with van der Waals surface area (Å²) in [5.74, 6) is -0.786. The van der Waals surface area contributed by atoms with E-state index in [1.54, 1.807) is 0 Å². The molecule has 10 heteroatoms. The van der Waals surface area contributed by atoms with Crippen LogP contribution in [0.4, 0.5) is 0 Å². The van der Waals surface area contributed by atoms with Gasteiger partial charge in [0.2, 0.25) is 0 Å². The van der Waals surface area contributed by atoms with Crippen molar-refractivity contribution in [2.75, 3.05) is 47.5 Å². The highest BCUT2D eigenvalue weighted by molar-refractivity contribution is 7.47. The zero-order chi connectivity index (χ0) is 44.3. The maximum absolute atomic E-state index is 12.7. The van der Waals surface area contributed by atoms with E-state index in [0.717, 1.165) is 32.1 Å². The van der Waals surface area contributed by atoms with Crippen LogP contribution >= 0.6 is 7.82 Å². The van der Waals surface area contributed by atoms with Crippen LogP contribution < -0.4 is 0 Å². The summed E-state index contributed by atoms with van der Waals surface area (Å²) in [6.07, 6.45) is 46.8. The molecule has 2 atom stereocenters. The molecule has 9 nitrogen and oxygen atoms in total. The molecular formula is C50H99NO8P+. The molecule has 0 rings (SSSR count). The second kappa shape index (κ2) is 43.0. The van der Waals surface area contributed by atoms with E-state index in [9.17, 15) is 19.0 Å². The van der Waals surface area contributed by atoms with Crippen molar-refractivity contribution < 1.29 is 42.1 Å². The Hall–Kier alpha value is -1.25. The molecular weight excluding hydrogens is 774 g/mol. The Morgan fingerprint density at radius 1 is 0.500 bits per heavy atom. The van der Waals surface area contributed by atoms with Gasteiger partial charge in [-0.05, 0) is 38.5 Å². The van der Waals surface area contributed by atoms with Gasteiger partial charge in [0.25, 0.3) is 0 Å². The van der Waals surface area contributed by atoms with Gasteiger partial charge in [0, 0.05) is 12.8 Å². The lowest BCUT2D eigenvalue weighted by Gasteiger charge is -2.24. The largest absolute Gasteiger partial charge is 0.472 e. The Morgan fingerprint density at radius 3 is 1.23 bits per heavy atom. The lowest BCUT2D eigenvalue weighted by Crippen LogP contribution is -2.37. The lowest BCUT2D eigenvalue weighted by atomic mass is 10.0. The monoisotopic (exact) mass is 873 g/mol. The van der Waals surface area contributed by atoms with Crippen LogP contribution in [0.5, 0.6) is 0 Å². The van der Waals surface area contributed by atoms with Crippen molar-refractivity contribution in [3.05, 3.63) is 12.2 Å². The van der Waals surface area contributed by atoms with E-state index in [-0.39, 0.29) is 25.6 Å². The van der Waals surface area contributed by atoms with Crippen LogP contribution in [-0.2, 0) is 32.7 Å². The summed E-state index contributed by atoms with van der Waals surface area (Å²) in [7, 11) is 1.49. The fourth-order valence-electron chi connectivity index (χ4n) is 7.31. The number of carbonyl (C=O) groups is 2. The predicted octanol–water partition coefficient (Wildman–Crippen LogP) is 14.9. The number of carbonyl (C=O) groups excluding carboxylic acids is 2. The fraction of sp³-hybridized carbons (Fsp3) is 0.920. The van der Waals surface area contributed by atoms with Gasteiger partial charge in [-0.25, -0.2) is 4.57 Å². The van der Waals surface area contributed by atoms with Crippen molar-refractivity contribution >= 4 is 19.8 Å². The number of rotatable bonds is 47. The van der Waals surface area contributed by atoms with E-state index in [2.05, 4.69) is 26.0 Å². The number of phosphoric ester groups is 1. The van der Waals surface area contributed by atoms with Gasteiger partial charge in [-0.1, -0.05) is 206 Å². The van der Waals surface area contributed by atoms with E-state index in [1.807, 2.05) is 21.1 Å². The lowest BCUT2D eigenvalue weighted by molar-refractivity contribution is -0.870. The fourth-order valence-corrected chi connectivity index (χ4v) is 8.05. The SMILES string of the molecule is CCCCCCCC/C=C\CCCCCCCCCCCC(=O)OC[C@H](COP(=O)(O)OCC[N+](C)(C)C)OC(=O)CCCCCCCCCCCCCCCCCCC. The first-order valence-corrected chi connectivity index (χ1v) is 26.9. The highest BCUT2D eigenvalue weighted by Gasteiger charge is 2.27. The first kappa shape index (κ1) is 58.8. The first-order valence-electron chi connectivity index (χ1n) is 25.4. The Morgan fingerprint density at radius 2 is 0.850 bits per heavy atom. The molecule has 0 aliphatic rings. The molecule has 0 saturated carbocycles. The van der Waals surface area contributed by atoms with Crippen LogP contribution in [0, 0.1) is 0 Å². The van der Waals surface area contributed by atoms with Gasteiger partial charge in [0.1, 0.15) is 19.8 Å². The number of allylic oxidation sites excluding steroid dienone is 2. The smallest absolute Gasteiger partial charge is 0.462 e. The molecule has 0 aromatic carbocycles. The van der Waals surface area contributed by atoms with Crippen LogP contribution in [0.15, 0.2) is 12.2 Å². The van der Waals surface area contributed by atoms with Crippen molar-refractivity contribution in [1.82, 2.24) is 0 Å². The molecule has 0 aromatic rings. The minimum Gasteiger partial charge on any atom is -0.462 e. The number of phosphoric acid groups is 1. The average molecular weight is 873 g/mol.